The van der Waals surface area contributed by atoms with Crippen LogP contribution in [0.1, 0.15) is 13.3 Å². The Kier molecular flexibility index (Phi) is 5.75. The lowest BCUT2D eigenvalue weighted by Gasteiger charge is -2.13. The van der Waals surface area contributed by atoms with E-state index < -0.39 is 64.5 Å². The number of rotatable bonds is 6. The molecule has 0 spiro atoms. The van der Waals surface area contributed by atoms with Crippen LogP contribution in [-0.2, 0) is 38.9 Å². The van der Waals surface area contributed by atoms with E-state index in [-0.39, 0.29) is 5.06 Å². The van der Waals surface area contributed by atoms with Gasteiger partial charge in [-0.3, -0.25) is 23.7 Å². The first-order chi connectivity index (χ1) is 10.5. The average molecular weight is 351 g/mol. The fourth-order valence-electron chi connectivity index (χ4n) is 1.48. The van der Waals surface area contributed by atoms with Gasteiger partial charge >= 0.3 is 5.97 Å². The van der Waals surface area contributed by atoms with Crippen molar-refractivity contribution in [1.82, 2.24) is 15.7 Å². The number of carbonyl (C=O) groups excluding carboxylic acids is 5. The van der Waals surface area contributed by atoms with Gasteiger partial charge in [0.25, 0.3) is 21.9 Å². The Bertz CT molecular complexity index is 656. The zero-order chi connectivity index (χ0) is 17.8. The minimum atomic E-state index is -4.81. The van der Waals surface area contributed by atoms with E-state index in [2.05, 4.69) is 10.2 Å². The van der Waals surface area contributed by atoms with E-state index in [1.807, 2.05) is 5.32 Å². The maximum Gasteiger partial charge on any atom is 0.352 e. The van der Waals surface area contributed by atoms with Crippen molar-refractivity contribution < 1.29 is 41.8 Å². The fourth-order valence-corrected chi connectivity index (χ4v) is 2.19. The maximum absolute atomic E-state index is 11.6. The third kappa shape index (κ3) is 5.30. The van der Waals surface area contributed by atoms with Crippen molar-refractivity contribution in [3.63, 3.8) is 0 Å². The van der Waals surface area contributed by atoms with Gasteiger partial charge in [-0.2, -0.15) is 8.42 Å². The maximum atomic E-state index is 11.6. The standard InChI is InChI=1S/C10H13N3O9S/c1-5(14)11-3-7(15)12-4-9(17)22-13-8(16)2-6(10(13)18)23(19,20)21/h6H,2-4H2,1H3,(H,11,14)(H,12,15)(H,19,20,21). The quantitative estimate of drug-likeness (QED) is 0.327. The molecule has 1 aliphatic rings. The second-order valence-electron chi connectivity index (χ2n) is 4.38. The topological polar surface area (TPSA) is 176 Å². The van der Waals surface area contributed by atoms with E-state index in [1.54, 1.807) is 0 Å². The molecule has 0 aliphatic carbocycles. The summed E-state index contributed by atoms with van der Waals surface area (Å²) < 4.78 is 30.6. The van der Waals surface area contributed by atoms with E-state index in [1.165, 1.54) is 6.92 Å². The van der Waals surface area contributed by atoms with Gasteiger partial charge in [0.1, 0.15) is 6.54 Å². The Balaban J connectivity index is 2.51. The molecule has 0 saturated carbocycles. The first-order valence-electron chi connectivity index (χ1n) is 6.07. The molecule has 1 rings (SSSR count). The van der Waals surface area contributed by atoms with Crippen LogP contribution in [0.3, 0.4) is 0 Å². The van der Waals surface area contributed by atoms with E-state index in [0.29, 0.717) is 0 Å². The van der Waals surface area contributed by atoms with Gasteiger partial charge in [-0.25, -0.2) is 4.79 Å². The largest absolute Gasteiger partial charge is 0.352 e. The first kappa shape index (κ1) is 18.5. The smallest absolute Gasteiger partial charge is 0.347 e. The Morgan fingerprint density at radius 2 is 1.87 bits per heavy atom. The zero-order valence-electron chi connectivity index (χ0n) is 11.8. The van der Waals surface area contributed by atoms with Crippen molar-refractivity contribution in [2.45, 2.75) is 18.6 Å². The highest BCUT2D eigenvalue weighted by Gasteiger charge is 2.48. The molecule has 0 aromatic carbocycles. The predicted molar refractivity (Wildman–Crippen MR) is 69.6 cm³/mol. The third-order valence-electron chi connectivity index (χ3n) is 2.54. The number of hydrogen-bond acceptors (Lipinski definition) is 8. The minimum absolute atomic E-state index is 0.0826. The number of hydrogen-bond donors (Lipinski definition) is 3. The molecule has 0 radical (unpaired) electrons. The second kappa shape index (κ2) is 7.15. The molecule has 1 atom stereocenters. The SMILES string of the molecule is CC(=O)NCC(=O)NCC(=O)ON1C(=O)CC(S(=O)(=O)O)C1=O. The number of imide groups is 1. The van der Waals surface area contributed by atoms with E-state index in [0.717, 1.165) is 0 Å². The highest BCUT2D eigenvalue weighted by Crippen LogP contribution is 2.19. The molecular weight excluding hydrogens is 338 g/mol. The molecular formula is C10H13N3O9S. The molecule has 0 bridgehead atoms. The number of nitrogens with zero attached hydrogens (tertiary/aromatic N) is 1. The van der Waals surface area contributed by atoms with E-state index in [9.17, 15) is 32.4 Å². The minimum Gasteiger partial charge on any atom is -0.347 e. The van der Waals surface area contributed by atoms with Crippen LogP contribution in [0.15, 0.2) is 0 Å². The lowest BCUT2D eigenvalue weighted by atomic mass is 10.4. The number of carbonyl (C=O) groups is 5. The van der Waals surface area contributed by atoms with Gasteiger partial charge in [-0.15, -0.1) is 5.06 Å². The Labute approximate surface area is 129 Å². The summed E-state index contributed by atoms with van der Waals surface area (Å²) in [6.45, 7) is 0.0544. The molecule has 13 heteroatoms. The lowest BCUT2D eigenvalue weighted by Crippen LogP contribution is -2.42. The molecule has 0 aromatic rings. The van der Waals surface area contributed by atoms with Gasteiger partial charge in [-0.05, 0) is 0 Å². The molecule has 1 aliphatic heterocycles. The van der Waals surface area contributed by atoms with Gasteiger partial charge in [0.05, 0.1) is 13.0 Å². The first-order valence-corrected chi connectivity index (χ1v) is 7.57. The van der Waals surface area contributed by atoms with Crippen molar-refractivity contribution >= 4 is 39.7 Å². The molecule has 3 N–H and O–H groups in total. The van der Waals surface area contributed by atoms with E-state index in [4.69, 9.17) is 4.55 Å². The Hall–Kier alpha value is -2.54. The van der Waals surface area contributed by atoms with Crippen molar-refractivity contribution in [2.24, 2.45) is 0 Å². The molecule has 12 nitrogen and oxygen atoms in total. The monoisotopic (exact) mass is 351 g/mol. The lowest BCUT2D eigenvalue weighted by molar-refractivity contribution is -0.196. The highest BCUT2D eigenvalue weighted by molar-refractivity contribution is 7.87. The molecule has 1 fully saturated rings. The van der Waals surface area contributed by atoms with Crippen LogP contribution in [0.2, 0.25) is 0 Å². The normalized spacial score (nSPS) is 17.8. The molecule has 0 aromatic heterocycles. The summed E-state index contributed by atoms with van der Waals surface area (Å²) in [5, 5.41) is 2.09. The van der Waals surface area contributed by atoms with Gasteiger partial charge in [0.2, 0.25) is 11.8 Å². The van der Waals surface area contributed by atoms with Gasteiger partial charge in [-0.1, -0.05) is 0 Å². The predicted octanol–water partition coefficient (Wildman–Crippen LogP) is -3.29. The summed E-state index contributed by atoms with van der Waals surface area (Å²) in [4.78, 5) is 60.5. The van der Waals surface area contributed by atoms with Crippen LogP contribution in [0.5, 0.6) is 0 Å². The Morgan fingerprint density at radius 1 is 1.26 bits per heavy atom. The number of hydroxylamine groups is 2. The van der Waals surface area contributed by atoms with Crippen molar-refractivity contribution in [3.05, 3.63) is 0 Å². The van der Waals surface area contributed by atoms with Crippen LogP contribution in [0.25, 0.3) is 0 Å². The Morgan fingerprint density at radius 3 is 2.35 bits per heavy atom. The van der Waals surface area contributed by atoms with E-state index >= 15 is 0 Å². The zero-order valence-corrected chi connectivity index (χ0v) is 12.6. The summed E-state index contributed by atoms with van der Waals surface area (Å²) in [5.41, 5.74) is 0. The van der Waals surface area contributed by atoms with Crippen molar-refractivity contribution in [3.8, 4) is 0 Å². The van der Waals surface area contributed by atoms with Crippen LogP contribution in [-0.4, -0.2) is 66.0 Å². The molecule has 1 unspecified atom stereocenters. The summed E-state index contributed by atoms with van der Waals surface area (Å²) >= 11 is 0. The highest BCUT2D eigenvalue weighted by atomic mass is 32.2. The second-order valence-corrected chi connectivity index (χ2v) is 5.98. The fraction of sp³-hybridized carbons (Fsp3) is 0.500. The van der Waals surface area contributed by atoms with Crippen LogP contribution in [0.4, 0.5) is 0 Å². The summed E-state index contributed by atoms with van der Waals surface area (Å²) in [6, 6.07) is 0. The average Bonchev–Trinajstić information content (AvgIpc) is 2.70. The molecule has 4 amide bonds. The molecule has 1 saturated heterocycles. The summed E-state index contributed by atoms with van der Waals surface area (Å²) in [6.07, 6.45) is -0.861. The van der Waals surface area contributed by atoms with Crippen LogP contribution < -0.4 is 10.6 Å². The van der Waals surface area contributed by atoms with Gasteiger partial charge in [0.15, 0.2) is 5.25 Å². The van der Waals surface area contributed by atoms with Gasteiger partial charge in [0, 0.05) is 6.92 Å². The van der Waals surface area contributed by atoms with Crippen molar-refractivity contribution in [2.75, 3.05) is 13.1 Å². The number of amides is 4. The molecule has 128 valence electrons. The van der Waals surface area contributed by atoms with Gasteiger partial charge < -0.3 is 15.5 Å². The summed E-state index contributed by atoms with van der Waals surface area (Å²) in [7, 11) is -4.81. The number of nitrogens with one attached hydrogen (secondary N) is 2. The molecule has 23 heavy (non-hydrogen) atoms. The van der Waals surface area contributed by atoms with Crippen LogP contribution >= 0.6 is 0 Å². The van der Waals surface area contributed by atoms with Crippen molar-refractivity contribution in [1.29, 1.82) is 0 Å². The third-order valence-corrected chi connectivity index (χ3v) is 3.63. The summed E-state index contributed by atoms with van der Waals surface area (Å²) in [5.74, 6) is -4.95. The molecule has 1 heterocycles. The van der Waals surface area contributed by atoms with Crippen LogP contribution in [0, 0.1) is 0 Å².